The molecule has 3 aliphatic heterocycles. The largest absolute Gasteiger partial charge is 0.416 e. The van der Waals surface area contributed by atoms with Crippen molar-refractivity contribution in [2.24, 2.45) is 15.6 Å². The Morgan fingerprint density at radius 3 is 2.71 bits per heavy atom. The number of alkyl halides is 3. The topological polar surface area (TPSA) is 82.9 Å². The fourth-order valence-corrected chi connectivity index (χ4v) is 5.64. The summed E-state index contributed by atoms with van der Waals surface area (Å²) >= 11 is 0. The van der Waals surface area contributed by atoms with Gasteiger partial charge in [0.25, 0.3) is 0 Å². The van der Waals surface area contributed by atoms with Gasteiger partial charge in [0.15, 0.2) is 11.9 Å². The van der Waals surface area contributed by atoms with Gasteiger partial charge in [-0.05, 0) is 24.5 Å². The summed E-state index contributed by atoms with van der Waals surface area (Å²) in [5.74, 6) is -0.360. The number of carbonyl (C=O) groups is 2. The minimum atomic E-state index is -4.50. The minimum Gasteiger partial charge on any atom is -0.362 e. The maximum absolute atomic E-state index is 13.6. The van der Waals surface area contributed by atoms with Crippen molar-refractivity contribution in [1.29, 1.82) is 0 Å². The van der Waals surface area contributed by atoms with Gasteiger partial charge in [0.2, 0.25) is 5.91 Å². The maximum Gasteiger partial charge on any atom is 0.416 e. The molecule has 1 unspecified atom stereocenters. The molecule has 9 heteroatoms. The molecule has 5 rings (SSSR count). The third kappa shape index (κ3) is 2.71. The Hall–Kier alpha value is -2.97. The Morgan fingerprint density at radius 1 is 1.23 bits per heavy atom. The van der Waals surface area contributed by atoms with Crippen LogP contribution in [-0.4, -0.2) is 24.4 Å². The minimum absolute atomic E-state index is 0.0479. The van der Waals surface area contributed by atoms with Crippen LogP contribution in [0.3, 0.4) is 0 Å². The lowest BCUT2D eigenvalue weighted by Crippen LogP contribution is -2.53. The highest BCUT2D eigenvalue weighted by Crippen LogP contribution is 2.55. The number of hydrogen-bond acceptors (Lipinski definition) is 5. The van der Waals surface area contributed by atoms with E-state index in [1.54, 1.807) is 12.3 Å². The third-order valence-corrected chi connectivity index (χ3v) is 7.08. The van der Waals surface area contributed by atoms with Crippen molar-refractivity contribution in [3.05, 3.63) is 58.4 Å². The van der Waals surface area contributed by atoms with Crippen LogP contribution in [0, 0.1) is 5.41 Å². The standard InChI is InChI=1S/C22H21F3N4O2/c1-2-21(12-4-3-5-13(8-12)22(23,24)25)14-11-27-29-18(14)28-15-9-20(6-7-26-19(20)31)10-16(30)17(15)21/h3-5,8,11,18,28H,2,6-7,9-10H2,1H3,(H,26,31)/t18?,20-,21-/m0/s1. The predicted molar refractivity (Wildman–Crippen MR) is 105 cm³/mol. The van der Waals surface area contributed by atoms with E-state index in [1.807, 2.05) is 6.92 Å². The molecule has 1 amide bonds. The first-order chi connectivity index (χ1) is 14.7. The van der Waals surface area contributed by atoms with E-state index in [0.717, 1.165) is 12.1 Å². The molecular formula is C22H21F3N4O2. The van der Waals surface area contributed by atoms with Crippen molar-refractivity contribution in [3.63, 3.8) is 0 Å². The SMILES string of the molecule is CC[C@]1(c2cccc(C(F)(F)F)c2)C2=CN=NC2NC2=C1C(=O)C[C@]1(CCNC1=O)C2. The number of allylic oxidation sites excluding steroid dienone is 2. The molecule has 0 aromatic heterocycles. The fraction of sp³-hybridized carbons (Fsp3) is 0.455. The van der Waals surface area contributed by atoms with Gasteiger partial charge in [0.1, 0.15) is 0 Å². The lowest BCUT2D eigenvalue weighted by atomic mass is 9.58. The summed E-state index contributed by atoms with van der Waals surface area (Å²) in [6.45, 7) is 2.36. The van der Waals surface area contributed by atoms with Crippen LogP contribution in [0.15, 0.2) is 57.5 Å². The van der Waals surface area contributed by atoms with E-state index in [-0.39, 0.29) is 18.1 Å². The molecule has 1 spiro atoms. The predicted octanol–water partition coefficient (Wildman–Crippen LogP) is 3.76. The highest BCUT2D eigenvalue weighted by molar-refractivity contribution is 6.05. The summed E-state index contributed by atoms with van der Waals surface area (Å²) in [6.07, 6.45) is -2.23. The molecule has 1 saturated heterocycles. The smallest absolute Gasteiger partial charge is 0.362 e. The number of hydrogen-bond donors (Lipinski definition) is 2. The van der Waals surface area contributed by atoms with Gasteiger partial charge in [0, 0.05) is 36.2 Å². The molecule has 1 aliphatic carbocycles. The van der Waals surface area contributed by atoms with Crippen LogP contribution < -0.4 is 10.6 Å². The van der Waals surface area contributed by atoms with Crippen molar-refractivity contribution in [2.75, 3.05) is 6.54 Å². The molecule has 1 aromatic rings. The number of halogens is 3. The third-order valence-electron chi connectivity index (χ3n) is 7.08. The van der Waals surface area contributed by atoms with E-state index < -0.39 is 28.7 Å². The summed E-state index contributed by atoms with van der Waals surface area (Å²) < 4.78 is 40.5. The molecule has 0 radical (unpaired) electrons. The monoisotopic (exact) mass is 430 g/mol. The van der Waals surface area contributed by atoms with E-state index in [1.165, 1.54) is 6.07 Å². The molecule has 1 aromatic carbocycles. The first kappa shape index (κ1) is 20.0. The number of azo groups is 1. The molecule has 31 heavy (non-hydrogen) atoms. The molecule has 6 nitrogen and oxygen atoms in total. The van der Waals surface area contributed by atoms with Gasteiger partial charge in [-0.15, -0.1) is 0 Å². The molecule has 162 valence electrons. The van der Waals surface area contributed by atoms with Crippen molar-refractivity contribution >= 4 is 11.7 Å². The summed E-state index contributed by atoms with van der Waals surface area (Å²) in [5, 5.41) is 14.3. The number of amides is 1. The van der Waals surface area contributed by atoms with Crippen LogP contribution in [0.2, 0.25) is 0 Å². The summed E-state index contributed by atoms with van der Waals surface area (Å²) in [7, 11) is 0. The number of fused-ring (bicyclic) bond motifs is 1. The van der Waals surface area contributed by atoms with Gasteiger partial charge >= 0.3 is 6.18 Å². The second-order valence-electron chi connectivity index (χ2n) is 8.62. The lowest BCUT2D eigenvalue weighted by Gasteiger charge is -2.47. The zero-order chi connectivity index (χ0) is 22.0. The van der Waals surface area contributed by atoms with Crippen LogP contribution in [0.25, 0.3) is 0 Å². The van der Waals surface area contributed by atoms with Gasteiger partial charge < -0.3 is 10.6 Å². The van der Waals surface area contributed by atoms with E-state index >= 15 is 0 Å². The van der Waals surface area contributed by atoms with Crippen molar-refractivity contribution in [3.8, 4) is 0 Å². The molecule has 4 aliphatic rings. The Morgan fingerprint density at radius 2 is 2.03 bits per heavy atom. The van der Waals surface area contributed by atoms with Crippen molar-refractivity contribution in [1.82, 2.24) is 10.6 Å². The fourth-order valence-electron chi connectivity index (χ4n) is 5.64. The van der Waals surface area contributed by atoms with Gasteiger partial charge in [-0.3, -0.25) is 9.59 Å². The number of nitrogens with zero attached hydrogens (tertiary/aromatic N) is 2. The van der Waals surface area contributed by atoms with Gasteiger partial charge in [0.05, 0.1) is 22.6 Å². The van der Waals surface area contributed by atoms with Crippen molar-refractivity contribution in [2.45, 2.75) is 50.4 Å². The molecule has 1 fully saturated rings. The zero-order valence-corrected chi connectivity index (χ0v) is 16.8. The maximum atomic E-state index is 13.6. The molecule has 2 N–H and O–H groups in total. The number of ketones is 1. The van der Waals surface area contributed by atoms with Gasteiger partial charge in [-0.2, -0.15) is 23.4 Å². The van der Waals surface area contributed by atoms with Crippen LogP contribution in [0.1, 0.15) is 43.7 Å². The Bertz CT molecular complexity index is 1090. The Kier molecular flexibility index (Phi) is 4.19. The number of benzene rings is 1. The van der Waals surface area contributed by atoms with Gasteiger partial charge in [-0.1, -0.05) is 25.1 Å². The number of rotatable bonds is 2. The Labute approximate surface area is 176 Å². The second-order valence-corrected chi connectivity index (χ2v) is 8.62. The summed E-state index contributed by atoms with van der Waals surface area (Å²) in [5.41, 5.74) is -0.574. The van der Waals surface area contributed by atoms with Crippen LogP contribution in [-0.2, 0) is 21.2 Å². The molecule has 3 atom stereocenters. The molecule has 3 heterocycles. The van der Waals surface area contributed by atoms with Gasteiger partial charge in [-0.25, -0.2) is 0 Å². The lowest BCUT2D eigenvalue weighted by molar-refractivity contribution is -0.137. The van der Waals surface area contributed by atoms with E-state index in [4.69, 9.17) is 0 Å². The average Bonchev–Trinajstić information content (AvgIpc) is 3.33. The number of Topliss-reactive ketones (excluding diaryl/α,β-unsaturated/α-hetero) is 1. The second kappa shape index (κ2) is 6.51. The Balaban J connectivity index is 1.73. The average molecular weight is 430 g/mol. The normalized spacial score (nSPS) is 32.0. The first-order valence-electron chi connectivity index (χ1n) is 10.3. The van der Waals surface area contributed by atoms with Crippen LogP contribution in [0.4, 0.5) is 13.2 Å². The first-order valence-corrected chi connectivity index (χ1v) is 10.3. The highest BCUT2D eigenvalue weighted by Gasteiger charge is 2.57. The highest BCUT2D eigenvalue weighted by atomic mass is 19.4. The van der Waals surface area contributed by atoms with E-state index in [2.05, 4.69) is 20.9 Å². The number of nitrogens with one attached hydrogen (secondary N) is 2. The van der Waals surface area contributed by atoms with Crippen LogP contribution in [0.5, 0.6) is 0 Å². The zero-order valence-electron chi connectivity index (χ0n) is 16.8. The summed E-state index contributed by atoms with van der Waals surface area (Å²) in [4.78, 5) is 26.1. The van der Waals surface area contributed by atoms with E-state index in [0.29, 0.717) is 48.2 Å². The summed E-state index contributed by atoms with van der Waals surface area (Å²) in [6, 6.07) is 5.15. The van der Waals surface area contributed by atoms with Crippen LogP contribution >= 0.6 is 0 Å². The van der Waals surface area contributed by atoms with E-state index in [9.17, 15) is 22.8 Å². The molecular weight excluding hydrogens is 409 g/mol. The number of carbonyl (C=O) groups excluding carboxylic acids is 2. The quantitative estimate of drug-likeness (QED) is 0.750. The molecule has 0 saturated carbocycles. The molecule has 0 bridgehead atoms. The van der Waals surface area contributed by atoms with Crippen molar-refractivity contribution < 1.29 is 22.8 Å².